The number of nitrogens with zero attached hydrogens (tertiary/aromatic N) is 1. The molecule has 164 valence electrons. The summed E-state index contributed by atoms with van der Waals surface area (Å²) in [6.07, 6.45) is 5.62. The number of carbonyl (C=O) groups excluding carboxylic acids is 1. The van der Waals surface area contributed by atoms with Crippen LogP contribution in [0.3, 0.4) is 0 Å². The number of carbonyl (C=O) groups is 1. The number of fused-ring (bicyclic) bond motifs is 1. The topological polar surface area (TPSA) is 129 Å². The number of nitrogens with one attached hydrogen (secondary N) is 1. The van der Waals surface area contributed by atoms with E-state index in [1.165, 1.54) is 16.8 Å². The Hall–Kier alpha value is -2.27. The molecule has 4 atom stereocenters. The number of esters is 1. The van der Waals surface area contributed by atoms with Crippen molar-refractivity contribution in [3.05, 3.63) is 38.7 Å². The van der Waals surface area contributed by atoms with E-state index in [0.29, 0.717) is 0 Å². The van der Waals surface area contributed by atoms with Gasteiger partial charge in [0, 0.05) is 25.1 Å². The lowest BCUT2D eigenvalue weighted by Gasteiger charge is -2.34. The molecule has 1 aromatic heterocycles. The van der Waals surface area contributed by atoms with Crippen LogP contribution >= 0.6 is 0 Å². The number of hydrogen-bond donors (Lipinski definition) is 2. The molecule has 1 spiro atoms. The number of H-pyrrole nitrogens is 1. The molecule has 1 aliphatic carbocycles. The van der Waals surface area contributed by atoms with Crippen LogP contribution in [-0.4, -0.2) is 57.9 Å². The van der Waals surface area contributed by atoms with Crippen molar-refractivity contribution in [2.45, 2.75) is 69.4 Å². The van der Waals surface area contributed by atoms with Gasteiger partial charge in [0.2, 0.25) is 0 Å². The molecular formula is C20H26N2O8. The summed E-state index contributed by atoms with van der Waals surface area (Å²) in [7, 11) is 0. The minimum Gasteiger partial charge on any atom is -0.463 e. The summed E-state index contributed by atoms with van der Waals surface area (Å²) in [5, 5.41) is 9.76. The highest BCUT2D eigenvalue weighted by molar-refractivity contribution is 5.86. The minimum atomic E-state index is -0.882. The summed E-state index contributed by atoms with van der Waals surface area (Å²) < 4.78 is 24.4. The molecule has 0 aromatic carbocycles. The maximum atomic E-state index is 12.5. The molecule has 3 fully saturated rings. The second-order valence-corrected chi connectivity index (χ2v) is 7.72. The van der Waals surface area contributed by atoms with E-state index in [4.69, 9.17) is 18.9 Å². The van der Waals surface area contributed by atoms with E-state index in [1.54, 1.807) is 6.92 Å². The number of hydrogen-bond acceptors (Lipinski definition) is 8. The molecule has 2 N–H and O–H groups in total. The second-order valence-electron chi connectivity index (χ2n) is 7.72. The molecule has 4 rings (SSSR count). The van der Waals surface area contributed by atoms with Gasteiger partial charge in [0.1, 0.15) is 18.3 Å². The van der Waals surface area contributed by atoms with Gasteiger partial charge in [-0.05, 0) is 25.8 Å². The summed E-state index contributed by atoms with van der Waals surface area (Å²) in [5.41, 5.74) is -1.23. The fourth-order valence-electron chi connectivity index (χ4n) is 4.35. The van der Waals surface area contributed by atoms with Crippen molar-refractivity contribution in [1.29, 1.82) is 0 Å². The van der Waals surface area contributed by atoms with Gasteiger partial charge >= 0.3 is 11.7 Å². The maximum Gasteiger partial charge on any atom is 0.330 e. The van der Waals surface area contributed by atoms with Crippen LogP contribution in [0, 0.1) is 0 Å². The first kappa shape index (κ1) is 21.0. The van der Waals surface area contributed by atoms with Crippen LogP contribution in [0.2, 0.25) is 0 Å². The van der Waals surface area contributed by atoms with Crippen LogP contribution in [0.5, 0.6) is 0 Å². The van der Waals surface area contributed by atoms with Crippen molar-refractivity contribution >= 4 is 12.0 Å². The Morgan fingerprint density at radius 3 is 2.73 bits per heavy atom. The van der Waals surface area contributed by atoms with Crippen LogP contribution in [0.15, 0.2) is 21.9 Å². The molecule has 1 aromatic rings. The van der Waals surface area contributed by atoms with Crippen LogP contribution in [0.25, 0.3) is 6.08 Å². The largest absolute Gasteiger partial charge is 0.463 e. The number of aliphatic hydroxyl groups excluding tert-OH is 1. The summed E-state index contributed by atoms with van der Waals surface area (Å²) in [6.45, 7) is 1.59. The van der Waals surface area contributed by atoms with Crippen molar-refractivity contribution in [2.24, 2.45) is 0 Å². The van der Waals surface area contributed by atoms with Crippen molar-refractivity contribution in [1.82, 2.24) is 9.55 Å². The Morgan fingerprint density at radius 2 is 2.03 bits per heavy atom. The van der Waals surface area contributed by atoms with Gasteiger partial charge in [-0.2, -0.15) is 0 Å². The predicted molar refractivity (Wildman–Crippen MR) is 104 cm³/mol. The van der Waals surface area contributed by atoms with Gasteiger partial charge in [0.05, 0.1) is 18.8 Å². The van der Waals surface area contributed by atoms with Gasteiger partial charge in [-0.1, -0.05) is 6.42 Å². The lowest BCUT2D eigenvalue weighted by Crippen LogP contribution is -2.39. The minimum absolute atomic E-state index is 0.0848. The molecule has 1 saturated carbocycles. The monoisotopic (exact) mass is 422 g/mol. The molecule has 0 bridgehead atoms. The fourth-order valence-corrected chi connectivity index (χ4v) is 4.35. The molecule has 0 amide bonds. The van der Waals surface area contributed by atoms with Crippen molar-refractivity contribution < 1.29 is 28.8 Å². The molecule has 4 unspecified atom stereocenters. The van der Waals surface area contributed by atoms with Crippen LogP contribution in [0.1, 0.15) is 50.8 Å². The first-order valence-electron chi connectivity index (χ1n) is 10.3. The van der Waals surface area contributed by atoms with Gasteiger partial charge in [-0.3, -0.25) is 14.3 Å². The van der Waals surface area contributed by atoms with E-state index in [1.807, 2.05) is 0 Å². The zero-order chi connectivity index (χ0) is 21.3. The number of aromatic nitrogens is 2. The quantitative estimate of drug-likeness (QED) is 0.517. The van der Waals surface area contributed by atoms with E-state index in [9.17, 15) is 19.5 Å². The van der Waals surface area contributed by atoms with E-state index >= 15 is 0 Å². The SMILES string of the molecule is CCOC(=O)/C=C/c1cn(C2OC(CO)C3OC4(CCCCC4)OC32)c(=O)[nH]c1=O. The van der Waals surface area contributed by atoms with Gasteiger partial charge in [-0.25, -0.2) is 9.59 Å². The zero-order valence-electron chi connectivity index (χ0n) is 16.7. The average molecular weight is 422 g/mol. The number of aromatic amines is 1. The molecule has 30 heavy (non-hydrogen) atoms. The van der Waals surface area contributed by atoms with E-state index in [0.717, 1.165) is 38.2 Å². The molecule has 2 aliphatic heterocycles. The predicted octanol–water partition coefficient (Wildman–Crippen LogP) is 0.447. The van der Waals surface area contributed by atoms with Gasteiger partial charge < -0.3 is 24.1 Å². The maximum absolute atomic E-state index is 12.5. The van der Waals surface area contributed by atoms with E-state index in [-0.39, 0.29) is 18.8 Å². The summed E-state index contributed by atoms with van der Waals surface area (Å²) in [6, 6.07) is 0. The van der Waals surface area contributed by atoms with Crippen molar-refractivity contribution in [2.75, 3.05) is 13.2 Å². The first-order valence-corrected chi connectivity index (χ1v) is 10.3. The third kappa shape index (κ3) is 3.87. The van der Waals surface area contributed by atoms with Gasteiger partial charge in [0.25, 0.3) is 5.56 Å². The van der Waals surface area contributed by atoms with E-state index in [2.05, 4.69) is 4.98 Å². The molecule has 3 aliphatic rings. The van der Waals surface area contributed by atoms with Crippen molar-refractivity contribution in [3.63, 3.8) is 0 Å². The fraction of sp³-hybridized carbons (Fsp3) is 0.650. The standard InChI is InChI=1S/C20H26N2O8/c1-2-27-14(24)7-6-12-10-22(19(26)21-17(12)25)18-16-15(13(11-23)28-18)29-20(30-16)8-4-3-5-9-20/h6-7,10,13,15-16,18,23H,2-5,8-9,11H2,1H3,(H,21,25,26)/b7-6+. The Labute approximate surface area is 172 Å². The number of ether oxygens (including phenoxy) is 4. The second kappa shape index (κ2) is 8.46. The molecule has 3 heterocycles. The highest BCUT2D eigenvalue weighted by Crippen LogP contribution is 2.48. The van der Waals surface area contributed by atoms with Crippen LogP contribution in [-0.2, 0) is 23.7 Å². The lowest BCUT2D eigenvalue weighted by molar-refractivity contribution is -0.233. The molecular weight excluding hydrogens is 396 g/mol. The molecule has 2 saturated heterocycles. The summed E-state index contributed by atoms with van der Waals surface area (Å²) >= 11 is 0. The third-order valence-electron chi connectivity index (χ3n) is 5.74. The smallest absolute Gasteiger partial charge is 0.330 e. The number of rotatable bonds is 5. The Kier molecular flexibility index (Phi) is 5.92. The Bertz CT molecular complexity index is 929. The summed E-state index contributed by atoms with van der Waals surface area (Å²) in [5.74, 6) is -1.32. The van der Waals surface area contributed by atoms with Crippen molar-refractivity contribution in [3.8, 4) is 0 Å². The van der Waals surface area contributed by atoms with E-state index < -0.39 is 47.5 Å². The van der Waals surface area contributed by atoms with Gasteiger partial charge in [-0.15, -0.1) is 0 Å². The Morgan fingerprint density at radius 1 is 1.30 bits per heavy atom. The normalized spacial score (nSPS) is 30.1. The highest BCUT2D eigenvalue weighted by atomic mass is 16.8. The van der Waals surface area contributed by atoms with Gasteiger partial charge in [0.15, 0.2) is 12.0 Å². The lowest BCUT2D eigenvalue weighted by atomic mass is 9.94. The Balaban J connectivity index is 1.64. The van der Waals surface area contributed by atoms with Crippen LogP contribution < -0.4 is 11.2 Å². The molecule has 10 nitrogen and oxygen atoms in total. The average Bonchev–Trinajstić information content (AvgIpc) is 3.23. The summed E-state index contributed by atoms with van der Waals surface area (Å²) in [4.78, 5) is 38.5. The van der Waals surface area contributed by atoms with Crippen LogP contribution in [0.4, 0.5) is 0 Å². The highest BCUT2D eigenvalue weighted by Gasteiger charge is 2.58. The zero-order valence-corrected chi connectivity index (χ0v) is 16.7. The molecule has 10 heteroatoms. The first-order chi connectivity index (χ1) is 14.5. The third-order valence-corrected chi connectivity index (χ3v) is 5.74. The number of aliphatic hydroxyl groups is 1. The molecule has 0 radical (unpaired) electrons.